The largest absolute Gasteiger partial charge is 0.496 e. The molecule has 0 unspecified atom stereocenters. The number of hydrogen-bond donors (Lipinski definition) is 4. The highest BCUT2D eigenvalue weighted by molar-refractivity contribution is 5.97. The van der Waals surface area contributed by atoms with Gasteiger partial charge in [-0.2, -0.15) is 18.2 Å². The summed E-state index contributed by atoms with van der Waals surface area (Å²) < 4.78 is 59.0. The molecule has 12 heteroatoms. The van der Waals surface area contributed by atoms with Crippen LogP contribution in [0.5, 0.6) is 5.75 Å². The van der Waals surface area contributed by atoms with Crippen LogP contribution in [0.3, 0.4) is 0 Å². The van der Waals surface area contributed by atoms with Gasteiger partial charge in [0.2, 0.25) is 5.95 Å². The van der Waals surface area contributed by atoms with E-state index in [1.165, 1.54) is 21.0 Å². The van der Waals surface area contributed by atoms with Crippen LogP contribution in [0.4, 0.5) is 35.0 Å². The summed E-state index contributed by atoms with van der Waals surface area (Å²) in [6.45, 7) is 4.68. The number of alkyl halides is 3. The van der Waals surface area contributed by atoms with Gasteiger partial charge < -0.3 is 25.8 Å². The number of methoxy groups -OCH3 is 1. The monoisotopic (exact) mass is 445 g/mol. The first kappa shape index (κ1) is 24.1. The predicted molar refractivity (Wildman–Crippen MR) is 106 cm³/mol. The van der Waals surface area contributed by atoms with Crippen LogP contribution in [0.15, 0.2) is 18.3 Å². The lowest BCUT2D eigenvalue weighted by Crippen LogP contribution is -2.38. The van der Waals surface area contributed by atoms with E-state index in [9.17, 15) is 27.5 Å². The molecule has 0 fully saturated rings. The molecular formula is C19H23F4N5O3. The van der Waals surface area contributed by atoms with Crippen molar-refractivity contribution in [2.24, 2.45) is 0 Å². The van der Waals surface area contributed by atoms with Crippen LogP contribution < -0.4 is 20.7 Å². The number of anilines is 3. The van der Waals surface area contributed by atoms with Gasteiger partial charge in [-0.15, -0.1) is 0 Å². The Labute approximate surface area is 176 Å². The second-order valence-corrected chi connectivity index (χ2v) is 7.14. The van der Waals surface area contributed by atoms with Crippen molar-refractivity contribution < 1.29 is 32.2 Å². The first-order valence-electron chi connectivity index (χ1n) is 9.19. The molecule has 1 aromatic heterocycles. The van der Waals surface area contributed by atoms with Crippen LogP contribution in [-0.2, 0) is 6.18 Å². The predicted octanol–water partition coefficient (Wildman–Crippen LogP) is 3.32. The Morgan fingerprint density at radius 1 is 1.26 bits per heavy atom. The summed E-state index contributed by atoms with van der Waals surface area (Å²) in [6.07, 6.45) is -4.08. The Morgan fingerprint density at radius 2 is 1.94 bits per heavy atom. The van der Waals surface area contributed by atoms with Crippen molar-refractivity contribution >= 4 is 23.4 Å². The van der Waals surface area contributed by atoms with Gasteiger partial charge in [-0.3, -0.25) is 4.79 Å². The van der Waals surface area contributed by atoms with Crippen molar-refractivity contribution in [3.8, 4) is 5.75 Å². The van der Waals surface area contributed by atoms with E-state index >= 15 is 0 Å². The van der Waals surface area contributed by atoms with Gasteiger partial charge in [0.1, 0.15) is 22.9 Å². The lowest BCUT2D eigenvalue weighted by Gasteiger charge is -2.19. The normalized spacial score (nSPS) is 11.8. The van der Waals surface area contributed by atoms with Crippen molar-refractivity contribution in [2.45, 2.75) is 32.5 Å². The number of aromatic nitrogens is 2. The molecule has 0 bridgehead atoms. The zero-order chi connectivity index (χ0) is 23.4. The van der Waals surface area contributed by atoms with Gasteiger partial charge in [-0.25, -0.2) is 9.37 Å². The number of ether oxygens (including phenoxy) is 1. The third-order valence-electron chi connectivity index (χ3n) is 3.90. The fraction of sp³-hybridized carbons (Fsp3) is 0.421. The van der Waals surface area contributed by atoms with Gasteiger partial charge in [0, 0.05) is 25.4 Å². The van der Waals surface area contributed by atoms with E-state index < -0.39 is 34.9 Å². The highest BCUT2D eigenvalue weighted by Crippen LogP contribution is 2.34. The molecule has 8 nitrogen and oxygen atoms in total. The maximum atomic E-state index is 14.6. The number of carbonyl (C=O) groups excluding carboxylic acids is 1. The minimum absolute atomic E-state index is 0.00374. The number of nitrogens with zero attached hydrogens (tertiary/aromatic N) is 2. The van der Waals surface area contributed by atoms with E-state index in [0.717, 1.165) is 12.1 Å². The molecule has 0 aliphatic carbocycles. The zero-order valence-electron chi connectivity index (χ0n) is 17.3. The van der Waals surface area contributed by atoms with Crippen LogP contribution >= 0.6 is 0 Å². The van der Waals surface area contributed by atoms with Crippen molar-refractivity contribution in [1.82, 2.24) is 15.3 Å². The summed E-state index contributed by atoms with van der Waals surface area (Å²) in [7, 11) is 1.27. The Morgan fingerprint density at radius 3 is 2.48 bits per heavy atom. The number of hydrogen-bond acceptors (Lipinski definition) is 7. The maximum absolute atomic E-state index is 14.6. The summed E-state index contributed by atoms with van der Waals surface area (Å²) in [5.74, 6) is -2.31. The van der Waals surface area contributed by atoms with Crippen molar-refractivity contribution in [2.75, 3.05) is 30.8 Å². The van der Waals surface area contributed by atoms with Gasteiger partial charge in [-0.05, 0) is 26.8 Å². The Bertz CT molecular complexity index is 945. The molecule has 1 amide bonds. The standard InChI is InChI=1S/C19H23F4N5O3/c1-5-24-15-11(19(21,22)23)8-25-17(28-15)27-13-7-14(31-4)10(6-12(13)20)16(29)26-9-18(2,3)30/h6-8,30H,5,9H2,1-4H3,(H,26,29)(H2,24,25,27,28). The summed E-state index contributed by atoms with van der Waals surface area (Å²) in [5.41, 5.74) is -2.57. The van der Waals surface area contributed by atoms with E-state index in [1.54, 1.807) is 6.92 Å². The lowest BCUT2D eigenvalue weighted by molar-refractivity contribution is -0.137. The smallest absolute Gasteiger partial charge is 0.421 e. The van der Waals surface area contributed by atoms with Gasteiger partial charge in [0.25, 0.3) is 5.91 Å². The molecule has 0 spiro atoms. The zero-order valence-corrected chi connectivity index (χ0v) is 17.3. The fourth-order valence-electron chi connectivity index (χ4n) is 2.46. The first-order chi connectivity index (χ1) is 14.4. The second-order valence-electron chi connectivity index (χ2n) is 7.14. The number of nitrogens with one attached hydrogen (secondary N) is 3. The molecule has 170 valence electrons. The molecule has 0 radical (unpaired) electrons. The molecule has 0 atom stereocenters. The topological polar surface area (TPSA) is 108 Å². The number of benzene rings is 1. The number of amides is 1. The maximum Gasteiger partial charge on any atom is 0.421 e. The van der Waals surface area contributed by atoms with Gasteiger partial charge in [0.05, 0.1) is 24.0 Å². The van der Waals surface area contributed by atoms with E-state index in [0.29, 0.717) is 6.20 Å². The van der Waals surface area contributed by atoms with Gasteiger partial charge in [-0.1, -0.05) is 0 Å². The van der Waals surface area contributed by atoms with Crippen LogP contribution in [0.2, 0.25) is 0 Å². The van der Waals surface area contributed by atoms with Crippen molar-refractivity contribution in [1.29, 1.82) is 0 Å². The summed E-state index contributed by atoms with van der Waals surface area (Å²) >= 11 is 0. The Hall–Kier alpha value is -3.15. The van der Waals surface area contributed by atoms with Gasteiger partial charge in [0.15, 0.2) is 0 Å². The molecule has 0 aliphatic rings. The third-order valence-corrected chi connectivity index (χ3v) is 3.90. The average molecular weight is 445 g/mol. The molecule has 2 rings (SSSR count). The van der Waals surface area contributed by atoms with Crippen LogP contribution in [-0.4, -0.2) is 46.8 Å². The van der Waals surface area contributed by atoms with E-state index in [2.05, 4.69) is 25.9 Å². The number of carbonyl (C=O) groups is 1. The van der Waals surface area contributed by atoms with Crippen LogP contribution in [0.25, 0.3) is 0 Å². The van der Waals surface area contributed by atoms with Crippen LogP contribution in [0, 0.1) is 5.82 Å². The van der Waals surface area contributed by atoms with Gasteiger partial charge >= 0.3 is 6.18 Å². The molecule has 0 saturated carbocycles. The van der Waals surface area contributed by atoms with Crippen molar-refractivity contribution in [3.05, 3.63) is 35.3 Å². The molecule has 1 aromatic carbocycles. The minimum Gasteiger partial charge on any atom is -0.496 e. The molecule has 2 aromatic rings. The molecule has 1 heterocycles. The van der Waals surface area contributed by atoms with E-state index in [1.807, 2.05) is 0 Å². The first-order valence-corrected chi connectivity index (χ1v) is 9.19. The SMILES string of the molecule is CCNc1nc(Nc2cc(OC)c(C(=O)NCC(C)(C)O)cc2F)ncc1C(F)(F)F. The summed E-state index contributed by atoms with van der Waals surface area (Å²) in [4.78, 5) is 19.7. The van der Waals surface area contributed by atoms with Crippen LogP contribution in [0.1, 0.15) is 36.7 Å². The molecular weight excluding hydrogens is 422 g/mol. The molecule has 0 aliphatic heterocycles. The minimum atomic E-state index is -4.66. The number of halogens is 4. The quantitative estimate of drug-likeness (QED) is 0.462. The van der Waals surface area contributed by atoms with E-state index in [-0.39, 0.29) is 36.0 Å². The second kappa shape index (κ2) is 9.33. The Kier molecular flexibility index (Phi) is 7.26. The summed E-state index contributed by atoms with van der Waals surface area (Å²) in [5, 5.41) is 17.2. The average Bonchev–Trinajstić information content (AvgIpc) is 2.66. The molecule has 0 saturated heterocycles. The number of rotatable bonds is 8. The summed E-state index contributed by atoms with van der Waals surface area (Å²) in [6, 6.07) is 2.05. The van der Waals surface area contributed by atoms with Crippen molar-refractivity contribution in [3.63, 3.8) is 0 Å². The lowest BCUT2D eigenvalue weighted by atomic mass is 10.1. The molecule has 31 heavy (non-hydrogen) atoms. The Balaban J connectivity index is 2.34. The number of aliphatic hydroxyl groups is 1. The fourth-order valence-corrected chi connectivity index (χ4v) is 2.46. The highest BCUT2D eigenvalue weighted by Gasteiger charge is 2.35. The third kappa shape index (κ3) is 6.41. The molecule has 4 N–H and O–H groups in total. The van der Waals surface area contributed by atoms with E-state index in [4.69, 9.17) is 4.74 Å². The highest BCUT2D eigenvalue weighted by atomic mass is 19.4.